The van der Waals surface area contributed by atoms with E-state index in [1.807, 2.05) is 13.0 Å². The van der Waals surface area contributed by atoms with Gasteiger partial charge >= 0.3 is 0 Å². The van der Waals surface area contributed by atoms with Crippen LogP contribution in [0.15, 0.2) is 30.5 Å². The summed E-state index contributed by atoms with van der Waals surface area (Å²) in [5.74, 6) is 0.00454. The summed E-state index contributed by atoms with van der Waals surface area (Å²) < 4.78 is 13.3. The topological polar surface area (TPSA) is 46.1 Å². The molecule has 1 aliphatic heterocycles. The van der Waals surface area contributed by atoms with Gasteiger partial charge in [0, 0.05) is 18.3 Å². The fourth-order valence-corrected chi connectivity index (χ4v) is 2.95. The van der Waals surface area contributed by atoms with E-state index < -0.39 is 5.82 Å². The predicted molar refractivity (Wildman–Crippen MR) is 81.2 cm³/mol. The maximum Gasteiger partial charge on any atom is 0.254 e. The van der Waals surface area contributed by atoms with E-state index in [0.717, 1.165) is 18.5 Å². The van der Waals surface area contributed by atoms with Gasteiger partial charge in [0.25, 0.3) is 5.91 Å². The third-order valence-electron chi connectivity index (χ3n) is 3.82. The van der Waals surface area contributed by atoms with Crippen LogP contribution in [0.3, 0.4) is 0 Å². The number of carbonyl (C=O) groups excluding carboxylic acids is 1. The molecule has 1 saturated heterocycles. The summed E-state index contributed by atoms with van der Waals surface area (Å²) in [6.07, 6.45) is 3.47. The molecular weight excluding hydrogens is 305 g/mol. The molecule has 0 N–H and O–H groups in total. The Bertz CT molecular complexity index is 722. The average molecular weight is 320 g/mol. The van der Waals surface area contributed by atoms with Crippen LogP contribution in [0, 0.1) is 12.7 Å². The van der Waals surface area contributed by atoms with Crippen LogP contribution < -0.4 is 0 Å². The first-order valence-electron chi connectivity index (χ1n) is 7.12. The van der Waals surface area contributed by atoms with Crippen molar-refractivity contribution in [3.8, 4) is 0 Å². The summed E-state index contributed by atoms with van der Waals surface area (Å²) >= 11 is 5.77. The Morgan fingerprint density at radius 3 is 2.95 bits per heavy atom. The van der Waals surface area contributed by atoms with Crippen molar-refractivity contribution in [2.45, 2.75) is 25.8 Å². The number of rotatable bonds is 2. The van der Waals surface area contributed by atoms with Crippen LogP contribution in [0.2, 0.25) is 5.02 Å². The van der Waals surface area contributed by atoms with Gasteiger partial charge in [-0.15, -0.1) is 0 Å². The molecule has 4 nitrogen and oxygen atoms in total. The van der Waals surface area contributed by atoms with Gasteiger partial charge in [0.1, 0.15) is 11.6 Å². The fourth-order valence-electron chi connectivity index (χ4n) is 2.77. The van der Waals surface area contributed by atoms with Gasteiger partial charge in [-0.25, -0.2) is 14.4 Å². The molecule has 0 unspecified atom stereocenters. The number of carbonyl (C=O) groups is 1. The van der Waals surface area contributed by atoms with E-state index in [9.17, 15) is 9.18 Å². The monoisotopic (exact) mass is 319 g/mol. The third-order valence-corrected chi connectivity index (χ3v) is 4.11. The van der Waals surface area contributed by atoms with Crippen LogP contribution in [0.5, 0.6) is 0 Å². The van der Waals surface area contributed by atoms with Crippen LogP contribution in [0.1, 0.15) is 40.8 Å². The van der Waals surface area contributed by atoms with Crippen molar-refractivity contribution in [2.75, 3.05) is 6.54 Å². The number of benzene rings is 1. The minimum absolute atomic E-state index is 0.0422. The van der Waals surface area contributed by atoms with Gasteiger partial charge in [-0.05, 0) is 44.0 Å². The lowest BCUT2D eigenvalue weighted by atomic mass is 10.1. The van der Waals surface area contributed by atoms with Crippen LogP contribution in [0.25, 0.3) is 0 Å². The average Bonchev–Trinajstić information content (AvgIpc) is 2.99. The van der Waals surface area contributed by atoms with Crippen molar-refractivity contribution in [1.82, 2.24) is 14.9 Å². The number of likely N-dealkylation sites (tertiary alicyclic amines) is 1. The molecule has 1 aromatic heterocycles. The Kier molecular flexibility index (Phi) is 4.07. The van der Waals surface area contributed by atoms with Crippen molar-refractivity contribution in [1.29, 1.82) is 0 Å². The molecule has 114 valence electrons. The maximum atomic E-state index is 13.3. The standard InChI is InChI=1S/C16H15ClFN3O/c1-10-19-7-6-14(20-10)15-3-2-8-21(15)16(22)11-4-5-13(18)12(17)9-11/h4-7,9,15H,2-3,8H2,1H3/t15-/m0/s1. The van der Waals surface area contributed by atoms with Gasteiger partial charge < -0.3 is 4.90 Å². The van der Waals surface area contributed by atoms with Crippen molar-refractivity contribution in [2.24, 2.45) is 0 Å². The second kappa shape index (κ2) is 6.01. The summed E-state index contributed by atoms with van der Waals surface area (Å²) in [5, 5.41) is -0.0422. The number of aromatic nitrogens is 2. The lowest BCUT2D eigenvalue weighted by Crippen LogP contribution is -2.31. The number of amides is 1. The lowest BCUT2D eigenvalue weighted by molar-refractivity contribution is 0.0732. The zero-order valence-electron chi connectivity index (χ0n) is 12.1. The Morgan fingerprint density at radius 2 is 2.23 bits per heavy atom. The van der Waals surface area contributed by atoms with Crippen molar-refractivity contribution in [3.63, 3.8) is 0 Å². The molecule has 3 rings (SSSR count). The Morgan fingerprint density at radius 1 is 1.41 bits per heavy atom. The normalized spacial score (nSPS) is 17.8. The van der Waals surface area contributed by atoms with Gasteiger partial charge in [0.15, 0.2) is 0 Å². The van der Waals surface area contributed by atoms with Gasteiger partial charge in [0.2, 0.25) is 0 Å². The molecule has 0 radical (unpaired) electrons. The highest BCUT2D eigenvalue weighted by Gasteiger charge is 2.31. The Balaban J connectivity index is 1.89. The molecule has 0 spiro atoms. The molecule has 0 bridgehead atoms. The molecule has 1 fully saturated rings. The van der Waals surface area contributed by atoms with Gasteiger partial charge in [0.05, 0.1) is 16.8 Å². The molecule has 6 heteroatoms. The second-order valence-corrected chi connectivity index (χ2v) is 5.72. The highest BCUT2D eigenvalue weighted by molar-refractivity contribution is 6.31. The quantitative estimate of drug-likeness (QED) is 0.850. The number of aryl methyl sites for hydroxylation is 1. The predicted octanol–water partition coefficient (Wildman–Crippen LogP) is 3.55. The molecule has 2 heterocycles. The Hall–Kier alpha value is -2.01. The minimum atomic E-state index is -0.525. The van der Waals surface area contributed by atoms with Gasteiger partial charge in [-0.3, -0.25) is 4.79 Å². The number of nitrogens with zero attached hydrogens (tertiary/aromatic N) is 3. The van der Waals surface area contributed by atoms with Gasteiger partial charge in [-0.2, -0.15) is 0 Å². The zero-order valence-corrected chi connectivity index (χ0v) is 12.8. The van der Waals surface area contributed by atoms with E-state index in [2.05, 4.69) is 9.97 Å². The first-order chi connectivity index (χ1) is 10.6. The first kappa shape index (κ1) is 14.9. The van der Waals surface area contributed by atoms with Crippen LogP contribution in [0.4, 0.5) is 4.39 Å². The minimum Gasteiger partial charge on any atom is -0.330 e. The number of hydrogen-bond donors (Lipinski definition) is 0. The fraction of sp³-hybridized carbons (Fsp3) is 0.312. The molecular formula is C16H15ClFN3O. The highest BCUT2D eigenvalue weighted by atomic mass is 35.5. The van der Waals surface area contributed by atoms with E-state index in [4.69, 9.17) is 11.6 Å². The van der Waals surface area contributed by atoms with E-state index in [1.54, 1.807) is 11.1 Å². The smallest absolute Gasteiger partial charge is 0.254 e. The van der Waals surface area contributed by atoms with E-state index in [1.165, 1.54) is 18.2 Å². The summed E-state index contributed by atoms with van der Waals surface area (Å²) in [6, 6.07) is 5.82. The summed E-state index contributed by atoms with van der Waals surface area (Å²) in [7, 11) is 0. The number of halogens is 2. The largest absolute Gasteiger partial charge is 0.330 e. The molecule has 22 heavy (non-hydrogen) atoms. The van der Waals surface area contributed by atoms with Gasteiger partial charge in [-0.1, -0.05) is 11.6 Å². The molecule has 0 saturated carbocycles. The van der Waals surface area contributed by atoms with Crippen LogP contribution >= 0.6 is 11.6 Å². The van der Waals surface area contributed by atoms with Crippen molar-refractivity contribution < 1.29 is 9.18 Å². The van der Waals surface area contributed by atoms with E-state index in [0.29, 0.717) is 17.9 Å². The zero-order chi connectivity index (χ0) is 15.7. The maximum absolute atomic E-state index is 13.3. The molecule has 1 atom stereocenters. The van der Waals surface area contributed by atoms with Crippen LogP contribution in [-0.4, -0.2) is 27.3 Å². The number of hydrogen-bond acceptors (Lipinski definition) is 3. The molecule has 2 aromatic rings. The molecule has 1 amide bonds. The second-order valence-electron chi connectivity index (χ2n) is 5.31. The molecule has 0 aliphatic carbocycles. The van der Waals surface area contributed by atoms with E-state index in [-0.39, 0.29) is 17.0 Å². The summed E-state index contributed by atoms with van der Waals surface area (Å²) in [5.41, 5.74) is 1.23. The van der Waals surface area contributed by atoms with Crippen molar-refractivity contribution >= 4 is 17.5 Å². The third kappa shape index (κ3) is 2.81. The molecule has 1 aromatic carbocycles. The first-order valence-corrected chi connectivity index (χ1v) is 7.49. The molecule has 1 aliphatic rings. The van der Waals surface area contributed by atoms with Crippen molar-refractivity contribution in [3.05, 3.63) is 58.4 Å². The Labute approximate surface area is 133 Å². The lowest BCUT2D eigenvalue weighted by Gasteiger charge is -2.24. The van der Waals surface area contributed by atoms with E-state index >= 15 is 0 Å². The summed E-state index contributed by atoms with van der Waals surface area (Å²) in [6.45, 7) is 2.48. The SMILES string of the molecule is Cc1nccc([C@@H]2CCCN2C(=O)c2ccc(F)c(Cl)c2)n1. The summed E-state index contributed by atoms with van der Waals surface area (Å²) in [4.78, 5) is 23.0. The van der Waals surface area contributed by atoms with Crippen LogP contribution in [-0.2, 0) is 0 Å². The highest BCUT2D eigenvalue weighted by Crippen LogP contribution is 2.32.